The quantitative estimate of drug-likeness (QED) is 0.231. The van der Waals surface area contributed by atoms with Crippen LogP contribution in [-0.4, -0.2) is 38.6 Å². The molecular formula is C18H25IN4O2S. The molecule has 0 aliphatic carbocycles. The lowest BCUT2D eigenvalue weighted by Gasteiger charge is -2.12. The summed E-state index contributed by atoms with van der Waals surface area (Å²) in [6, 6.07) is 11.5. The van der Waals surface area contributed by atoms with E-state index in [2.05, 4.69) is 38.5 Å². The van der Waals surface area contributed by atoms with Crippen LogP contribution in [-0.2, 0) is 11.2 Å². The smallest absolute Gasteiger partial charge is 0.221 e. The molecule has 26 heavy (non-hydrogen) atoms. The molecular weight excluding hydrogens is 463 g/mol. The fourth-order valence-electron chi connectivity index (χ4n) is 2.18. The fraction of sp³-hybridized carbons (Fsp3) is 0.333. The van der Waals surface area contributed by atoms with Crippen molar-refractivity contribution in [2.45, 2.75) is 13.3 Å². The summed E-state index contributed by atoms with van der Waals surface area (Å²) in [5.41, 5.74) is 0.726. The molecule has 8 heteroatoms. The third kappa shape index (κ3) is 8.52. The number of nitrogens with zero attached hydrogens (tertiary/aromatic N) is 1. The zero-order valence-corrected chi connectivity index (χ0v) is 18.1. The van der Waals surface area contributed by atoms with Gasteiger partial charge in [0.25, 0.3) is 0 Å². The van der Waals surface area contributed by atoms with E-state index in [1.807, 2.05) is 18.2 Å². The highest BCUT2D eigenvalue weighted by Gasteiger charge is 2.01. The summed E-state index contributed by atoms with van der Waals surface area (Å²) in [6.45, 7) is 3.44. The zero-order chi connectivity index (χ0) is 17.9. The van der Waals surface area contributed by atoms with Crippen LogP contribution < -0.4 is 20.7 Å². The van der Waals surface area contributed by atoms with Crippen LogP contribution in [0, 0.1) is 0 Å². The summed E-state index contributed by atoms with van der Waals surface area (Å²) >= 11 is 1.76. The minimum absolute atomic E-state index is 0. The van der Waals surface area contributed by atoms with Crippen molar-refractivity contribution < 1.29 is 9.53 Å². The van der Waals surface area contributed by atoms with Gasteiger partial charge in [-0.2, -0.15) is 0 Å². The number of rotatable bonds is 8. The first-order chi connectivity index (χ1) is 12.2. The van der Waals surface area contributed by atoms with Crippen molar-refractivity contribution in [3.05, 3.63) is 46.7 Å². The van der Waals surface area contributed by atoms with Gasteiger partial charge in [-0.05, 0) is 30.0 Å². The maximum atomic E-state index is 11.1. The number of benzene rings is 1. The second-order valence-corrected chi connectivity index (χ2v) is 6.34. The topological polar surface area (TPSA) is 74.8 Å². The number of aliphatic imine (C=N–C) groups is 1. The zero-order valence-electron chi connectivity index (χ0n) is 15.0. The van der Waals surface area contributed by atoms with E-state index in [0.29, 0.717) is 18.9 Å². The van der Waals surface area contributed by atoms with Crippen LogP contribution in [0.2, 0.25) is 0 Å². The minimum Gasteiger partial charge on any atom is -0.492 e. The van der Waals surface area contributed by atoms with Gasteiger partial charge in [-0.15, -0.1) is 35.3 Å². The first-order valence-electron chi connectivity index (χ1n) is 8.14. The molecule has 0 spiro atoms. The predicted molar refractivity (Wildman–Crippen MR) is 119 cm³/mol. The van der Waals surface area contributed by atoms with Crippen LogP contribution in [0.3, 0.4) is 0 Å². The fourth-order valence-corrected chi connectivity index (χ4v) is 2.89. The average molecular weight is 488 g/mol. The molecule has 0 atom stereocenters. The highest BCUT2D eigenvalue weighted by Crippen LogP contribution is 2.17. The molecule has 1 aromatic carbocycles. The molecule has 1 amide bonds. The van der Waals surface area contributed by atoms with E-state index in [1.54, 1.807) is 24.5 Å². The van der Waals surface area contributed by atoms with Gasteiger partial charge < -0.3 is 20.7 Å². The van der Waals surface area contributed by atoms with Crippen molar-refractivity contribution in [2.75, 3.05) is 32.1 Å². The van der Waals surface area contributed by atoms with Gasteiger partial charge in [-0.25, -0.2) is 0 Å². The molecule has 0 saturated heterocycles. The van der Waals surface area contributed by atoms with E-state index in [0.717, 1.165) is 24.6 Å². The van der Waals surface area contributed by atoms with E-state index in [9.17, 15) is 4.79 Å². The minimum atomic E-state index is -0.101. The van der Waals surface area contributed by atoms with Gasteiger partial charge >= 0.3 is 0 Å². The second-order valence-electron chi connectivity index (χ2n) is 5.31. The highest BCUT2D eigenvalue weighted by molar-refractivity contribution is 14.0. The van der Waals surface area contributed by atoms with E-state index in [4.69, 9.17) is 4.74 Å². The first-order valence-corrected chi connectivity index (χ1v) is 9.02. The molecule has 0 saturated carbocycles. The van der Waals surface area contributed by atoms with Crippen molar-refractivity contribution in [2.24, 2.45) is 4.99 Å². The Morgan fingerprint density at radius 2 is 2.00 bits per heavy atom. The van der Waals surface area contributed by atoms with Crippen LogP contribution in [0.1, 0.15) is 11.8 Å². The van der Waals surface area contributed by atoms with Crippen LogP contribution in [0.15, 0.2) is 46.8 Å². The van der Waals surface area contributed by atoms with Gasteiger partial charge in [0, 0.05) is 37.1 Å². The van der Waals surface area contributed by atoms with Gasteiger partial charge in [-0.1, -0.05) is 12.1 Å². The molecule has 1 aromatic heterocycles. The van der Waals surface area contributed by atoms with E-state index in [-0.39, 0.29) is 29.9 Å². The van der Waals surface area contributed by atoms with Crippen LogP contribution in [0.5, 0.6) is 5.75 Å². The summed E-state index contributed by atoms with van der Waals surface area (Å²) in [5, 5.41) is 11.3. The third-order valence-corrected chi connectivity index (χ3v) is 4.22. The lowest BCUT2D eigenvalue weighted by atomic mass is 10.3. The number of anilines is 1. The Balaban J connectivity index is 0.00000338. The number of hydrogen-bond donors (Lipinski definition) is 3. The van der Waals surface area contributed by atoms with Gasteiger partial charge in [0.15, 0.2) is 5.96 Å². The lowest BCUT2D eigenvalue weighted by Crippen LogP contribution is -2.40. The summed E-state index contributed by atoms with van der Waals surface area (Å²) in [4.78, 5) is 16.6. The average Bonchev–Trinajstić information content (AvgIpc) is 3.10. The standard InChI is InChI=1S/C18H24N4O2S.HI/c1-14(23)22-15-5-3-6-16(13-15)24-11-10-21-18(19-2)20-9-8-17-7-4-12-25-17;/h3-7,12-13H,8-11H2,1-2H3,(H,22,23)(H2,19,20,21);1H. The molecule has 0 radical (unpaired) electrons. The maximum absolute atomic E-state index is 11.1. The number of halogens is 1. The number of thiophene rings is 1. The normalized spacial score (nSPS) is 10.6. The third-order valence-electron chi connectivity index (χ3n) is 3.29. The molecule has 142 valence electrons. The molecule has 0 aliphatic rings. The Labute approximate surface area is 175 Å². The van der Waals surface area contributed by atoms with Crippen molar-refractivity contribution in [3.63, 3.8) is 0 Å². The highest BCUT2D eigenvalue weighted by atomic mass is 127. The number of carbonyl (C=O) groups excluding carboxylic acids is 1. The summed E-state index contributed by atoms with van der Waals surface area (Å²) in [7, 11) is 1.75. The van der Waals surface area contributed by atoms with Gasteiger partial charge in [0.05, 0.1) is 6.54 Å². The van der Waals surface area contributed by atoms with Crippen LogP contribution >= 0.6 is 35.3 Å². The van der Waals surface area contributed by atoms with E-state index in [1.165, 1.54) is 11.8 Å². The number of guanidine groups is 1. The monoisotopic (exact) mass is 488 g/mol. The number of nitrogens with one attached hydrogen (secondary N) is 3. The SMILES string of the molecule is CN=C(NCCOc1cccc(NC(C)=O)c1)NCCc1cccs1.I. The summed E-state index contributed by atoms with van der Waals surface area (Å²) in [6.07, 6.45) is 0.977. The predicted octanol–water partition coefficient (Wildman–Crippen LogP) is 3.11. The Morgan fingerprint density at radius 3 is 2.69 bits per heavy atom. The second kappa shape index (κ2) is 12.5. The maximum Gasteiger partial charge on any atom is 0.221 e. The van der Waals surface area contributed by atoms with E-state index < -0.39 is 0 Å². The Morgan fingerprint density at radius 1 is 1.19 bits per heavy atom. The molecule has 2 aromatic rings. The Hall–Kier alpha value is -1.81. The number of ether oxygens (including phenoxy) is 1. The summed E-state index contributed by atoms with van der Waals surface area (Å²) in [5.74, 6) is 1.37. The van der Waals surface area contributed by atoms with Gasteiger partial charge in [-0.3, -0.25) is 9.79 Å². The van der Waals surface area contributed by atoms with Crippen molar-refractivity contribution >= 4 is 52.9 Å². The van der Waals surface area contributed by atoms with Crippen molar-refractivity contribution in [3.8, 4) is 5.75 Å². The Kier molecular flexibility index (Phi) is 10.7. The first kappa shape index (κ1) is 22.2. The van der Waals surface area contributed by atoms with E-state index >= 15 is 0 Å². The number of hydrogen-bond acceptors (Lipinski definition) is 4. The summed E-state index contributed by atoms with van der Waals surface area (Å²) < 4.78 is 5.69. The molecule has 0 unspecified atom stereocenters. The van der Waals surface area contributed by atoms with Crippen LogP contribution in [0.25, 0.3) is 0 Å². The molecule has 2 rings (SSSR count). The number of amides is 1. The molecule has 3 N–H and O–H groups in total. The van der Waals surface area contributed by atoms with Crippen molar-refractivity contribution in [1.82, 2.24) is 10.6 Å². The Bertz CT molecular complexity index is 692. The molecule has 0 bridgehead atoms. The van der Waals surface area contributed by atoms with Crippen LogP contribution in [0.4, 0.5) is 5.69 Å². The van der Waals surface area contributed by atoms with Gasteiger partial charge in [0.2, 0.25) is 5.91 Å². The molecule has 1 heterocycles. The molecule has 0 fully saturated rings. The van der Waals surface area contributed by atoms with Crippen molar-refractivity contribution in [1.29, 1.82) is 0 Å². The largest absolute Gasteiger partial charge is 0.492 e. The number of carbonyl (C=O) groups is 1. The molecule has 6 nitrogen and oxygen atoms in total. The van der Waals surface area contributed by atoms with Gasteiger partial charge in [0.1, 0.15) is 12.4 Å². The lowest BCUT2D eigenvalue weighted by molar-refractivity contribution is -0.114. The molecule has 0 aliphatic heterocycles.